The van der Waals surface area contributed by atoms with Gasteiger partial charge in [-0.25, -0.2) is 19.6 Å². The number of benzene rings is 2. The molecule has 2 aromatic carbocycles. The van der Waals surface area contributed by atoms with E-state index in [1.54, 1.807) is 13.8 Å². The quantitative estimate of drug-likeness (QED) is 0.0636. The average molecular weight is 690 g/mol. The molecule has 0 aliphatic heterocycles. The Morgan fingerprint density at radius 1 is 1.04 bits per heavy atom. The summed E-state index contributed by atoms with van der Waals surface area (Å²) < 4.78 is 11.7. The van der Waals surface area contributed by atoms with E-state index in [-0.39, 0.29) is 42.8 Å². The molecule has 19 heteroatoms. The summed E-state index contributed by atoms with van der Waals surface area (Å²) in [4.78, 5) is 63.1. The van der Waals surface area contributed by atoms with Crippen LogP contribution in [0, 0.1) is 13.8 Å². The molecule has 0 bridgehead atoms. The van der Waals surface area contributed by atoms with E-state index in [0.717, 1.165) is 28.3 Å². The van der Waals surface area contributed by atoms with Gasteiger partial charge in [0.15, 0.2) is 17.4 Å². The molecule has 260 valence electrons. The largest absolute Gasteiger partial charge is 0.480 e. The van der Waals surface area contributed by atoms with Gasteiger partial charge >= 0.3 is 18.0 Å². The van der Waals surface area contributed by atoms with Crippen LogP contribution >= 0.6 is 0 Å². The van der Waals surface area contributed by atoms with E-state index in [4.69, 9.17) is 19.9 Å². The first-order valence-corrected chi connectivity index (χ1v) is 15.0. The smallest absolute Gasteiger partial charge is 0.413 e. The molecule has 0 fully saturated rings. The van der Waals surface area contributed by atoms with E-state index in [2.05, 4.69) is 40.7 Å². The number of aliphatic carboxylic acids is 1. The number of rotatable bonds is 14. The van der Waals surface area contributed by atoms with Gasteiger partial charge in [0.2, 0.25) is 5.82 Å². The second-order valence-electron chi connectivity index (χ2n) is 10.8. The number of tetrazole rings is 1. The Balaban J connectivity index is 1.33. The molecular formula is C31H31N9O10. The van der Waals surface area contributed by atoms with Crippen molar-refractivity contribution < 1.29 is 44.2 Å². The predicted molar refractivity (Wildman–Crippen MR) is 170 cm³/mol. The van der Waals surface area contributed by atoms with E-state index < -0.39 is 41.6 Å². The monoisotopic (exact) mass is 689 g/mol. The van der Waals surface area contributed by atoms with Gasteiger partial charge in [0.05, 0.1) is 29.6 Å². The molecule has 1 atom stereocenters. The number of nitrogens with one attached hydrogen (secondary N) is 2. The third-order valence-electron chi connectivity index (χ3n) is 7.26. The van der Waals surface area contributed by atoms with Crippen LogP contribution in [0.5, 0.6) is 5.75 Å². The number of carbonyl (C=O) groups excluding carboxylic acids is 2. The van der Waals surface area contributed by atoms with Gasteiger partial charge in [-0.3, -0.25) is 29.4 Å². The number of amides is 1. The number of carboxylic acids is 1. The molecule has 3 aromatic heterocycles. The Morgan fingerprint density at radius 3 is 2.46 bits per heavy atom. The van der Waals surface area contributed by atoms with Gasteiger partial charge in [-0.2, -0.15) is 5.21 Å². The van der Waals surface area contributed by atoms with E-state index in [9.17, 15) is 24.3 Å². The number of hydrogen-bond acceptors (Lipinski definition) is 15. The van der Waals surface area contributed by atoms with Crippen LogP contribution in [0.25, 0.3) is 33.5 Å². The van der Waals surface area contributed by atoms with Crippen LogP contribution in [0.4, 0.5) is 4.79 Å². The molecule has 0 aliphatic carbocycles. The predicted octanol–water partition coefficient (Wildman–Crippen LogP) is 2.18. The molecule has 19 nitrogen and oxygen atoms in total. The van der Waals surface area contributed by atoms with Crippen molar-refractivity contribution in [2.75, 3.05) is 13.2 Å². The lowest BCUT2D eigenvalue weighted by Crippen LogP contribution is -2.45. The Hall–Kier alpha value is -6.15. The molecule has 0 saturated heterocycles. The van der Waals surface area contributed by atoms with Gasteiger partial charge in [0, 0.05) is 18.1 Å². The first kappa shape index (κ1) is 35.2. The van der Waals surface area contributed by atoms with Crippen LogP contribution in [-0.4, -0.2) is 93.4 Å². The number of ether oxygens (including phenoxy) is 2. The Kier molecular flexibility index (Phi) is 11.1. The number of aromatic amines is 1. The number of pyridine rings is 1. The molecule has 0 aliphatic rings. The fourth-order valence-corrected chi connectivity index (χ4v) is 5.01. The number of aromatic nitrogens is 7. The second kappa shape index (κ2) is 15.8. The van der Waals surface area contributed by atoms with Gasteiger partial charge in [-0.15, -0.1) is 10.2 Å². The van der Waals surface area contributed by atoms with E-state index in [1.165, 1.54) is 4.57 Å². The first-order valence-electron chi connectivity index (χ1n) is 15.0. The highest BCUT2D eigenvalue weighted by Gasteiger charge is 2.25. The minimum Gasteiger partial charge on any atom is -0.480 e. The van der Waals surface area contributed by atoms with Crippen LogP contribution in [0.1, 0.15) is 29.9 Å². The van der Waals surface area contributed by atoms with Crippen molar-refractivity contribution in [1.29, 1.82) is 0 Å². The summed E-state index contributed by atoms with van der Waals surface area (Å²) in [6.07, 6.45) is -1.43. The van der Waals surface area contributed by atoms with Crippen LogP contribution < -0.4 is 15.6 Å². The molecule has 0 saturated carbocycles. The lowest BCUT2D eigenvalue weighted by atomic mass is 9.98. The maximum Gasteiger partial charge on any atom is 0.413 e. The normalized spacial score (nSPS) is 11.8. The van der Waals surface area contributed by atoms with Crippen molar-refractivity contribution in [2.24, 2.45) is 0 Å². The molecule has 1 amide bonds. The van der Waals surface area contributed by atoms with Crippen LogP contribution in [0.3, 0.4) is 0 Å². The molecule has 3 heterocycles. The van der Waals surface area contributed by atoms with Crippen molar-refractivity contribution in [3.63, 3.8) is 0 Å². The van der Waals surface area contributed by atoms with Crippen LogP contribution in [0.2, 0.25) is 0 Å². The van der Waals surface area contributed by atoms with Gasteiger partial charge in [0.25, 0.3) is 5.56 Å². The highest BCUT2D eigenvalue weighted by molar-refractivity contribution is 5.88. The number of nitrogens with zero attached hydrogens (tertiary/aromatic N) is 7. The summed E-state index contributed by atoms with van der Waals surface area (Å²) >= 11 is 0. The maximum absolute atomic E-state index is 13.5. The van der Waals surface area contributed by atoms with E-state index in [1.807, 2.05) is 48.5 Å². The van der Waals surface area contributed by atoms with Crippen molar-refractivity contribution in [3.8, 4) is 28.3 Å². The maximum atomic E-state index is 13.5. The molecule has 1 unspecified atom stereocenters. The van der Waals surface area contributed by atoms with Crippen molar-refractivity contribution in [3.05, 3.63) is 82.0 Å². The Morgan fingerprint density at radius 2 is 1.78 bits per heavy atom. The Labute approximate surface area is 281 Å². The lowest BCUT2D eigenvalue weighted by molar-refractivity contribution is -0.492. The van der Waals surface area contributed by atoms with E-state index in [0.29, 0.717) is 17.3 Å². The number of esters is 1. The van der Waals surface area contributed by atoms with Crippen molar-refractivity contribution >= 4 is 29.1 Å². The van der Waals surface area contributed by atoms with Crippen molar-refractivity contribution in [2.45, 2.75) is 39.3 Å². The van der Waals surface area contributed by atoms with Crippen LogP contribution in [-0.2, 0) is 25.7 Å². The van der Waals surface area contributed by atoms with Crippen molar-refractivity contribution in [1.82, 2.24) is 45.9 Å². The summed E-state index contributed by atoms with van der Waals surface area (Å²) in [5, 5.41) is 42.7. The topological polar surface area (TPSA) is 257 Å². The molecule has 0 radical (unpaired) electrons. The summed E-state index contributed by atoms with van der Waals surface area (Å²) in [5.41, 5.74) is 3.36. The van der Waals surface area contributed by atoms with Gasteiger partial charge in [-0.1, -0.05) is 48.5 Å². The standard InChI is InChI=1S/C31H31N9O10/c1-17-27-24(50-31(45)34-23(30(43)44)16-48-26(42)8-5-13-49-40(46)47)14-25(41)39(29(27)33-18(2)32-17)15-19-9-11-20(12-10-19)21-6-3-4-7-22(21)28-35-37-38-36-28/h3-4,6-7,9-12,14,23,46-47H,5,8,13,15-16H2,1-2H3,(H,34,45)(H,43,44)(H,35,36,37,38). The fraction of sp³-hybridized carbons (Fsp3) is 0.258. The van der Waals surface area contributed by atoms with Gasteiger partial charge in [-0.05, 0) is 42.2 Å². The molecule has 5 rings (SSSR count). The van der Waals surface area contributed by atoms with Gasteiger partial charge in [0.1, 0.15) is 12.4 Å². The number of carboxylic acid groups (broad SMARTS) is 1. The highest BCUT2D eigenvalue weighted by Crippen LogP contribution is 2.30. The zero-order valence-electron chi connectivity index (χ0n) is 26.6. The first-order chi connectivity index (χ1) is 24.0. The SMILES string of the molecule is Cc1nc(C)c2c(OC(=O)NC(COC(=O)CCCON(O)O)C(=O)O)cc(=O)n(Cc3ccc(-c4ccccc4-c4nn[nH]n4)cc3)c2n1. The summed E-state index contributed by atoms with van der Waals surface area (Å²) in [6.45, 7) is 2.45. The lowest BCUT2D eigenvalue weighted by Gasteiger charge is -2.17. The Bertz CT molecular complexity index is 2050. The third-order valence-corrected chi connectivity index (χ3v) is 7.26. The number of hydrogen-bond donors (Lipinski definition) is 5. The molecular weight excluding hydrogens is 658 g/mol. The average Bonchev–Trinajstić information content (AvgIpc) is 3.62. The molecule has 50 heavy (non-hydrogen) atoms. The van der Waals surface area contributed by atoms with E-state index >= 15 is 0 Å². The number of carbonyl (C=O) groups is 3. The minimum absolute atomic E-state index is 0.0333. The third kappa shape index (κ3) is 8.65. The molecule has 5 aromatic rings. The zero-order valence-corrected chi connectivity index (χ0v) is 26.6. The summed E-state index contributed by atoms with van der Waals surface area (Å²) in [7, 11) is 0. The highest BCUT2D eigenvalue weighted by atomic mass is 17.1. The number of aryl methyl sites for hydroxylation is 2. The minimum atomic E-state index is -1.69. The second-order valence-corrected chi connectivity index (χ2v) is 10.8. The molecule has 0 spiro atoms. The summed E-state index contributed by atoms with van der Waals surface area (Å²) in [6, 6.07) is 14.5. The summed E-state index contributed by atoms with van der Waals surface area (Å²) in [5.74, 6) is -1.73. The van der Waals surface area contributed by atoms with Crippen LogP contribution in [0.15, 0.2) is 59.4 Å². The van der Waals surface area contributed by atoms with Gasteiger partial charge < -0.3 is 19.9 Å². The zero-order chi connectivity index (χ0) is 35.8. The molecule has 5 N–H and O–H groups in total. The number of fused-ring (bicyclic) bond motifs is 1. The number of H-pyrrole nitrogens is 1. The fourth-order valence-electron chi connectivity index (χ4n) is 5.01.